The number of hydrogen-bond acceptors (Lipinski definition) is 4. The third-order valence-electron chi connectivity index (χ3n) is 5.38. The van der Waals surface area contributed by atoms with Crippen molar-refractivity contribution in [3.8, 4) is 0 Å². The molecule has 2 amide bonds. The van der Waals surface area contributed by atoms with Gasteiger partial charge in [0.2, 0.25) is 5.91 Å². The first-order valence-electron chi connectivity index (χ1n) is 12.4. The molecule has 2 aromatic carbocycles. The van der Waals surface area contributed by atoms with Crippen LogP contribution in [0.1, 0.15) is 57.4 Å². The fourth-order valence-electron chi connectivity index (χ4n) is 3.42. The van der Waals surface area contributed by atoms with Crippen LogP contribution in [0.25, 0.3) is 0 Å². The van der Waals surface area contributed by atoms with E-state index >= 15 is 0 Å². The lowest BCUT2D eigenvalue weighted by atomic mass is 10.1. The molecule has 0 fully saturated rings. The number of amides is 2. The highest BCUT2D eigenvalue weighted by atomic mass is 32.1. The number of alkyl carbamates (subject to hydrolysis) is 1. The summed E-state index contributed by atoms with van der Waals surface area (Å²) in [6, 6.07) is 17.9. The zero-order valence-corrected chi connectivity index (χ0v) is 21.4. The third kappa shape index (κ3) is 12.8. The highest BCUT2D eigenvalue weighted by molar-refractivity contribution is 7.80. The summed E-state index contributed by atoms with van der Waals surface area (Å²) in [5.74, 6) is -0.273. The molecule has 190 valence electrons. The van der Waals surface area contributed by atoms with Gasteiger partial charge in [-0.2, -0.15) is 0 Å². The number of thiocarbonyl (C=S) groups is 1. The maximum absolute atomic E-state index is 12.9. The summed E-state index contributed by atoms with van der Waals surface area (Å²) >= 11 is 5.31. The largest absolute Gasteiger partial charge is 0.445 e. The fourth-order valence-corrected chi connectivity index (χ4v) is 3.62. The van der Waals surface area contributed by atoms with Gasteiger partial charge in [0.1, 0.15) is 12.6 Å². The van der Waals surface area contributed by atoms with Gasteiger partial charge in [-0.25, -0.2) is 4.79 Å². The van der Waals surface area contributed by atoms with E-state index in [-0.39, 0.29) is 12.5 Å². The summed E-state index contributed by atoms with van der Waals surface area (Å²) < 4.78 is 5.31. The Morgan fingerprint density at radius 1 is 0.857 bits per heavy atom. The molecular weight excluding hydrogens is 460 g/mol. The molecule has 7 nitrogen and oxygen atoms in total. The number of hydrogen-bond donors (Lipinski definition) is 4. The number of nitrogens with one attached hydrogen (secondary N) is 4. The van der Waals surface area contributed by atoms with Crippen LogP contribution in [-0.2, 0) is 16.1 Å². The average Bonchev–Trinajstić information content (AvgIpc) is 2.87. The molecule has 2 aromatic rings. The molecule has 0 unspecified atom stereocenters. The summed E-state index contributed by atoms with van der Waals surface area (Å²) in [6.45, 7) is 3.92. The Kier molecular flexibility index (Phi) is 13.9. The zero-order valence-electron chi connectivity index (χ0n) is 20.6. The summed E-state index contributed by atoms with van der Waals surface area (Å²) in [5.41, 5.74) is 1.56. The van der Waals surface area contributed by atoms with E-state index in [1.54, 1.807) is 0 Å². The predicted molar refractivity (Wildman–Crippen MR) is 145 cm³/mol. The van der Waals surface area contributed by atoms with Gasteiger partial charge in [0.05, 0.1) is 0 Å². The highest BCUT2D eigenvalue weighted by Gasteiger charge is 2.21. The first-order valence-corrected chi connectivity index (χ1v) is 12.8. The molecule has 2 rings (SSSR count). The van der Waals surface area contributed by atoms with Crippen molar-refractivity contribution >= 4 is 35.0 Å². The first-order chi connectivity index (χ1) is 17.1. The molecule has 0 aliphatic rings. The lowest BCUT2D eigenvalue weighted by Gasteiger charge is -2.19. The third-order valence-corrected chi connectivity index (χ3v) is 5.67. The molecule has 0 spiro atoms. The Balaban J connectivity index is 1.76. The molecule has 0 heterocycles. The summed E-state index contributed by atoms with van der Waals surface area (Å²) in [4.78, 5) is 25.2. The number of unbranched alkanes of at least 4 members (excludes halogenated alkanes) is 4. The van der Waals surface area contributed by atoms with Crippen molar-refractivity contribution in [1.29, 1.82) is 0 Å². The van der Waals surface area contributed by atoms with Gasteiger partial charge in [0.15, 0.2) is 5.11 Å². The molecule has 0 aliphatic carbocycles. The Hall–Kier alpha value is -3.13. The number of ether oxygens (including phenoxy) is 1. The van der Waals surface area contributed by atoms with E-state index < -0.39 is 12.1 Å². The SMILES string of the molecule is CCCCCCNC(=S)NCCCC[C@H](NC(=O)OCc1ccccc1)C(=O)Nc1ccccc1. The van der Waals surface area contributed by atoms with Crippen LogP contribution in [0.3, 0.4) is 0 Å². The van der Waals surface area contributed by atoms with E-state index in [2.05, 4.69) is 28.2 Å². The molecule has 4 N–H and O–H groups in total. The van der Waals surface area contributed by atoms with Crippen LogP contribution in [0.4, 0.5) is 10.5 Å². The van der Waals surface area contributed by atoms with Crippen molar-refractivity contribution in [3.63, 3.8) is 0 Å². The first kappa shape index (κ1) is 28.1. The second-order valence-electron chi connectivity index (χ2n) is 8.35. The minimum atomic E-state index is -0.706. The minimum absolute atomic E-state index is 0.145. The van der Waals surface area contributed by atoms with E-state index in [0.717, 1.165) is 31.4 Å². The molecule has 0 saturated carbocycles. The molecule has 8 heteroatoms. The highest BCUT2D eigenvalue weighted by Crippen LogP contribution is 2.09. The van der Waals surface area contributed by atoms with Crippen molar-refractivity contribution in [2.75, 3.05) is 18.4 Å². The molecule has 1 atom stereocenters. The van der Waals surface area contributed by atoms with Crippen molar-refractivity contribution in [2.45, 2.75) is 64.5 Å². The Bertz CT molecular complexity index is 881. The molecule has 0 aromatic heterocycles. The van der Waals surface area contributed by atoms with Crippen LogP contribution in [-0.4, -0.2) is 36.2 Å². The molecule has 35 heavy (non-hydrogen) atoms. The molecule has 0 bridgehead atoms. The van der Waals surface area contributed by atoms with Crippen LogP contribution in [0, 0.1) is 0 Å². The maximum Gasteiger partial charge on any atom is 0.408 e. The lowest BCUT2D eigenvalue weighted by Crippen LogP contribution is -2.44. The van der Waals surface area contributed by atoms with Crippen molar-refractivity contribution in [1.82, 2.24) is 16.0 Å². The van der Waals surface area contributed by atoms with Gasteiger partial charge >= 0.3 is 6.09 Å². The standard InChI is InChI=1S/C27H38N4O3S/c1-2-3-4-12-19-28-26(35)29-20-13-11-18-24(25(32)30-23-16-9-6-10-17-23)31-27(33)34-21-22-14-7-5-8-15-22/h5-10,14-17,24H,2-4,11-13,18-21H2,1H3,(H,30,32)(H,31,33)(H2,28,29,35)/t24-/m0/s1. The Labute approximate surface area is 214 Å². The number of carbonyl (C=O) groups excluding carboxylic acids is 2. The number of benzene rings is 2. The predicted octanol–water partition coefficient (Wildman–Crippen LogP) is 5.13. The van der Waals surface area contributed by atoms with E-state index in [1.165, 1.54) is 19.3 Å². The summed E-state index contributed by atoms with van der Waals surface area (Å²) in [7, 11) is 0. The number of carbonyl (C=O) groups is 2. The quantitative estimate of drug-likeness (QED) is 0.201. The summed E-state index contributed by atoms with van der Waals surface area (Å²) in [5, 5.41) is 12.7. The number of para-hydroxylation sites is 1. The fraction of sp³-hybridized carbons (Fsp3) is 0.444. The van der Waals surface area contributed by atoms with Crippen LogP contribution >= 0.6 is 12.2 Å². The molecule has 0 aliphatic heterocycles. The Morgan fingerprint density at radius 3 is 2.14 bits per heavy atom. The van der Waals surface area contributed by atoms with Crippen molar-refractivity contribution < 1.29 is 14.3 Å². The van der Waals surface area contributed by atoms with Crippen LogP contribution in [0.5, 0.6) is 0 Å². The van der Waals surface area contributed by atoms with Gasteiger partial charge in [-0.1, -0.05) is 74.7 Å². The van der Waals surface area contributed by atoms with Gasteiger partial charge in [-0.3, -0.25) is 4.79 Å². The number of anilines is 1. The molecule has 0 radical (unpaired) electrons. The van der Waals surface area contributed by atoms with Gasteiger partial charge in [-0.15, -0.1) is 0 Å². The second kappa shape index (κ2) is 17.3. The monoisotopic (exact) mass is 498 g/mol. The smallest absolute Gasteiger partial charge is 0.408 e. The van der Waals surface area contributed by atoms with E-state index in [9.17, 15) is 9.59 Å². The van der Waals surface area contributed by atoms with Crippen molar-refractivity contribution in [2.24, 2.45) is 0 Å². The Morgan fingerprint density at radius 2 is 1.49 bits per heavy atom. The van der Waals surface area contributed by atoms with E-state index in [1.807, 2.05) is 60.7 Å². The molecule has 0 saturated heterocycles. The van der Waals surface area contributed by atoms with Gasteiger partial charge in [0.25, 0.3) is 0 Å². The van der Waals surface area contributed by atoms with Gasteiger partial charge in [-0.05, 0) is 55.6 Å². The number of rotatable bonds is 15. The van der Waals surface area contributed by atoms with Crippen molar-refractivity contribution in [3.05, 3.63) is 66.2 Å². The topological polar surface area (TPSA) is 91.5 Å². The van der Waals surface area contributed by atoms with Crippen LogP contribution in [0.2, 0.25) is 0 Å². The van der Waals surface area contributed by atoms with E-state index in [4.69, 9.17) is 17.0 Å². The minimum Gasteiger partial charge on any atom is -0.445 e. The van der Waals surface area contributed by atoms with Crippen LogP contribution < -0.4 is 21.3 Å². The zero-order chi connectivity index (χ0) is 25.1. The van der Waals surface area contributed by atoms with Crippen LogP contribution in [0.15, 0.2) is 60.7 Å². The molecular formula is C27H38N4O3S. The van der Waals surface area contributed by atoms with Gasteiger partial charge in [0, 0.05) is 18.8 Å². The maximum atomic E-state index is 12.9. The summed E-state index contributed by atoms with van der Waals surface area (Å²) in [6.07, 6.45) is 6.19. The second-order valence-corrected chi connectivity index (χ2v) is 8.76. The normalized spacial score (nSPS) is 11.2. The van der Waals surface area contributed by atoms with E-state index in [0.29, 0.717) is 23.8 Å². The lowest BCUT2D eigenvalue weighted by molar-refractivity contribution is -0.118. The van der Waals surface area contributed by atoms with Gasteiger partial charge < -0.3 is 26.0 Å². The average molecular weight is 499 g/mol.